The molecule has 0 aliphatic carbocycles. The molecule has 1 aromatic heterocycles. The lowest BCUT2D eigenvalue weighted by atomic mass is 10.2. The van der Waals surface area contributed by atoms with Gasteiger partial charge in [-0.15, -0.1) is 0 Å². The molecular weight excluding hydrogens is 434 g/mol. The molecule has 33 heavy (non-hydrogen) atoms. The molecule has 0 aliphatic heterocycles. The van der Waals surface area contributed by atoms with Crippen molar-refractivity contribution in [3.8, 4) is 5.75 Å². The maximum absolute atomic E-state index is 11.6. The summed E-state index contributed by atoms with van der Waals surface area (Å²) in [4.78, 5) is 16.5. The number of benzene rings is 2. The summed E-state index contributed by atoms with van der Waals surface area (Å²) in [6.07, 6.45) is 7.66. The van der Waals surface area contributed by atoms with Gasteiger partial charge in [0.1, 0.15) is 11.6 Å². The van der Waals surface area contributed by atoms with Crippen molar-refractivity contribution in [2.75, 3.05) is 13.2 Å². The predicted molar refractivity (Wildman–Crippen MR) is 136 cm³/mol. The zero-order chi connectivity index (χ0) is 23.5. The summed E-state index contributed by atoms with van der Waals surface area (Å²) >= 11 is 6.09. The van der Waals surface area contributed by atoms with Crippen LogP contribution in [0.5, 0.6) is 5.75 Å². The van der Waals surface area contributed by atoms with Gasteiger partial charge in [0, 0.05) is 31.0 Å². The minimum absolute atomic E-state index is 0.162. The first-order valence-electron chi connectivity index (χ1n) is 12.2. The zero-order valence-corrected chi connectivity index (χ0v) is 20.7. The van der Waals surface area contributed by atoms with E-state index in [1.807, 2.05) is 38.1 Å². The van der Waals surface area contributed by atoms with Crippen LogP contribution in [0, 0.1) is 6.92 Å². The van der Waals surface area contributed by atoms with Crippen LogP contribution >= 0.6 is 11.6 Å². The maximum Gasteiger partial charge on any atom is 0.219 e. The lowest BCUT2D eigenvalue weighted by Crippen LogP contribution is -2.23. The van der Waals surface area contributed by atoms with Crippen LogP contribution in [0.15, 0.2) is 42.5 Å². The molecule has 1 N–H and O–H groups in total. The Kier molecular flexibility index (Phi) is 10.1. The molecule has 0 fully saturated rings. The molecule has 0 atom stereocenters. The van der Waals surface area contributed by atoms with Crippen molar-refractivity contribution in [3.05, 3.63) is 58.9 Å². The van der Waals surface area contributed by atoms with Gasteiger partial charge in [0.25, 0.3) is 0 Å². The van der Waals surface area contributed by atoms with E-state index in [9.17, 15) is 4.79 Å². The molecule has 6 heteroatoms. The van der Waals surface area contributed by atoms with Gasteiger partial charge in [-0.25, -0.2) is 4.98 Å². The van der Waals surface area contributed by atoms with Crippen molar-refractivity contribution in [1.82, 2.24) is 14.9 Å². The second-order valence-corrected chi connectivity index (χ2v) is 8.95. The van der Waals surface area contributed by atoms with Crippen LogP contribution < -0.4 is 10.1 Å². The summed E-state index contributed by atoms with van der Waals surface area (Å²) in [7, 11) is 0. The van der Waals surface area contributed by atoms with Crippen molar-refractivity contribution >= 4 is 28.5 Å². The first kappa shape index (κ1) is 25.1. The van der Waals surface area contributed by atoms with Gasteiger partial charge < -0.3 is 14.6 Å². The van der Waals surface area contributed by atoms with Crippen LogP contribution in [0.3, 0.4) is 0 Å². The highest BCUT2D eigenvalue weighted by Gasteiger charge is 2.10. The van der Waals surface area contributed by atoms with E-state index in [1.54, 1.807) is 0 Å². The Hall–Kier alpha value is -2.53. The Morgan fingerprint density at radius 3 is 2.76 bits per heavy atom. The fraction of sp³-hybridized carbons (Fsp3) is 0.481. The fourth-order valence-electron chi connectivity index (χ4n) is 3.96. The van der Waals surface area contributed by atoms with Gasteiger partial charge >= 0.3 is 0 Å². The number of halogens is 1. The van der Waals surface area contributed by atoms with Crippen LogP contribution in [0.25, 0.3) is 11.0 Å². The van der Waals surface area contributed by atoms with E-state index < -0.39 is 0 Å². The summed E-state index contributed by atoms with van der Waals surface area (Å²) in [5.41, 5.74) is 3.30. The molecule has 0 unspecified atom stereocenters. The van der Waals surface area contributed by atoms with Crippen LogP contribution in [0.2, 0.25) is 5.02 Å². The number of nitrogens with one attached hydrogen (secondary N) is 1. The first-order valence-corrected chi connectivity index (χ1v) is 12.6. The Labute approximate surface area is 202 Å². The van der Waals surface area contributed by atoms with Crippen molar-refractivity contribution in [3.63, 3.8) is 0 Å². The number of aromatic nitrogens is 2. The lowest BCUT2D eigenvalue weighted by Gasteiger charge is -2.11. The Bertz CT molecular complexity index is 1030. The Morgan fingerprint density at radius 1 is 1.09 bits per heavy atom. The van der Waals surface area contributed by atoms with E-state index in [0.717, 1.165) is 85.7 Å². The molecule has 0 spiro atoms. The van der Waals surface area contributed by atoms with Gasteiger partial charge in [0.2, 0.25) is 5.91 Å². The molecule has 0 bridgehead atoms. The van der Waals surface area contributed by atoms with E-state index in [2.05, 4.69) is 28.1 Å². The van der Waals surface area contributed by atoms with Gasteiger partial charge in [-0.1, -0.05) is 37.1 Å². The number of fused-ring (bicyclic) bond motifs is 1. The molecule has 0 aliphatic rings. The van der Waals surface area contributed by atoms with Gasteiger partial charge in [-0.05, 0) is 74.9 Å². The van der Waals surface area contributed by atoms with E-state index >= 15 is 0 Å². The largest absolute Gasteiger partial charge is 0.494 e. The number of ether oxygens (including phenoxy) is 1. The highest BCUT2D eigenvalue weighted by molar-refractivity contribution is 6.31. The average molecular weight is 470 g/mol. The number of rotatable bonds is 14. The number of amides is 1. The summed E-state index contributed by atoms with van der Waals surface area (Å²) in [6.45, 7) is 6.41. The van der Waals surface area contributed by atoms with Crippen molar-refractivity contribution in [1.29, 1.82) is 0 Å². The number of hydrogen-bond donors (Lipinski definition) is 1. The molecule has 0 saturated carbocycles. The minimum Gasteiger partial charge on any atom is -0.494 e. The lowest BCUT2D eigenvalue weighted by molar-refractivity contribution is -0.121. The normalized spacial score (nSPS) is 11.1. The summed E-state index contributed by atoms with van der Waals surface area (Å²) in [6, 6.07) is 14.2. The van der Waals surface area contributed by atoms with Crippen LogP contribution in [0.1, 0.15) is 63.3 Å². The number of nitrogens with zero attached hydrogens (tertiary/aromatic N) is 2. The van der Waals surface area contributed by atoms with Crippen molar-refractivity contribution < 1.29 is 9.53 Å². The summed E-state index contributed by atoms with van der Waals surface area (Å²) in [5, 5.41) is 3.76. The number of carbonyl (C=O) groups excluding carboxylic acids is 1. The third-order valence-corrected chi connectivity index (χ3v) is 6.21. The molecule has 3 rings (SSSR count). The van der Waals surface area contributed by atoms with E-state index in [4.69, 9.17) is 21.3 Å². The number of imidazole rings is 1. The zero-order valence-electron chi connectivity index (χ0n) is 19.9. The molecule has 2 aromatic carbocycles. The quantitative estimate of drug-likeness (QED) is 0.274. The monoisotopic (exact) mass is 469 g/mol. The van der Waals surface area contributed by atoms with Crippen LogP contribution in [0.4, 0.5) is 0 Å². The highest BCUT2D eigenvalue weighted by Crippen LogP contribution is 2.22. The van der Waals surface area contributed by atoms with Crippen LogP contribution in [-0.4, -0.2) is 28.6 Å². The topological polar surface area (TPSA) is 56.2 Å². The number of para-hydroxylation sites is 2. The van der Waals surface area contributed by atoms with Crippen molar-refractivity contribution in [2.45, 2.75) is 71.8 Å². The molecule has 3 aromatic rings. The molecule has 5 nitrogen and oxygen atoms in total. The predicted octanol–water partition coefficient (Wildman–Crippen LogP) is 6.49. The van der Waals surface area contributed by atoms with Gasteiger partial charge in [-0.2, -0.15) is 0 Å². The molecule has 1 amide bonds. The number of hydrogen-bond acceptors (Lipinski definition) is 3. The Balaban J connectivity index is 1.46. The number of unbranched alkanes of at least 4 members (excludes halogenated alkanes) is 3. The number of carbonyl (C=O) groups is 1. The maximum atomic E-state index is 11.6. The van der Waals surface area contributed by atoms with Crippen LogP contribution in [-0.2, 0) is 17.8 Å². The first-order chi connectivity index (χ1) is 16.1. The molecule has 0 radical (unpaired) electrons. The van der Waals surface area contributed by atoms with E-state index in [-0.39, 0.29) is 5.91 Å². The van der Waals surface area contributed by atoms with E-state index in [1.165, 1.54) is 5.52 Å². The minimum atomic E-state index is 0.162. The second kappa shape index (κ2) is 13.2. The molecule has 1 heterocycles. The Morgan fingerprint density at radius 2 is 1.94 bits per heavy atom. The summed E-state index contributed by atoms with van der Waals surface area (Å²) < 4.78 is 8.27. The molecule has 0 saturated heterocycles. The fourth-order valence-corrected chi connectivity index (χ4v) is 4.08. The van der Waals surface area contributed by atoms with Crippen molar-refractivity contribution in [2.24, 2.45) is 0 Å². The van der Waals surface area contributed by atoms with E-state index in [0.29, 0.717) is 13.0 Å². The standard InChI is InChI=1S/C27H36ClN3O2/c1-3-11-27(32)29-17-8-4-5-14-26-30-24-12-6-7-13-25(24)31(26)18-9-10-19-33-22-15-16-23(28)21(2)20-22/h6-7,12-13,15-16,20H,3-5,8-11,14,17-19H2,1-2H3,(H,29,32). The summed E-state index contributed by atoms with van der Waals surface area (Å²) in [5.74, 6) is 2.19. The third kappa shape index (κ3) is 7.78. The third-order valence-electron chi connectivity index (χ3n) is 5.78. The SMILES string of the molecule is CCCC(=O)NCCCCCc1nc2ccccc2n1CCCCOc1ccc(Cl)c(C)c1. The van der Waals surface area contributed by atoms with Gasteiger partial charge in [-0.3, -0.25) is 4.79 Å². The number of aryl methyl sites for hydroxylation is 3. The second-order valence-electron chi connectivity index (χ2n) is 8.55. The van der Waals surface area contributed by atoms with Gasteiger partial charge in [0.15, 0.2) is 0 Å². The van der Waals surface area contributed by atoms with Gasteiger partial charge in [0.05, 0.1) is 17.6 Å². The average Bonchev–Trinajstić information content (AvgIpc) is 3.16. The smallest absolute Gasteiger partial charge is 0.219 e. The molecule has 178 valence electrons. The highest BCUT2D eigenvalue weighted by atomic mass is 35.5. The molecular formula is C27H36ClN3O2.